The van der Waals surface area contributed by atoms with E-state index in [9.17, 15) is 9.59 Å². The Morgan fingerprint density at radius 1 is 1.17 bits per heavy atom. The molecule has 36 heavy (non-hydrogen) atoms. The molecule has 2 saturated heterocycles. The summed E-state index contributed by atoms with van der Waals surface area (Å²) in [5.41, 5.74) is 5.20. The fourth-order valence-electron chi connectivity index (χ4n) is 5.30. The Labute approximate surface area is 212 Å². The molecule has 1 amide bonds. The number of carbonyl (C=O) groups is 2. The number of nitrogens with one attached hydrogen (secondary N) is 2. The molecular weight excluding hydrogens is 456 g/mol. The number of anilines is 1. The van der Waals surface area contributed by atoms with E-state index in [1.54, 1.807) is 39.3 Å². The summed E-state index contributed by atoms with van der Waals surface area (Å²) in [6, 6.07) is 11.0. The molecule has 8 nitrogen and oxygen atoms in total. The highest BCUT2D eigenvalue weighted by molar-refractivity contribution is 5.89. The number of aromatic nitrogens is 1. The van der Waals surface area contributed by atoms with Crippen molar-refractivity contribution in [2.24, 2.45) is 5.41 Å². The fourth-order valence-corrected chi connectivity index (χ4v) is 5.30. The standard InChI is InChI=1S/C20H27N3O2.C8H9NO2/c1-14-10-18(25-3)17(16-4-7-21-19(14)16)11-22-8-5-20(6-9-22)12-23(13-20)15(2)24;1-9-7-4-2-3-6(5-7)8(10)11/h4,7,10,21H,5-6,8-9,11-13H2,1-3H3;2-5,9H,1H3,(H,10,11). The number of carbonyl (C=O) groups excluding carboxylic acids is 1. The van der Waals surface area contributed by atoms with Crippen LogP contribution in [0.4, 0.5) is 5.69 Å². The van der Waals surface area contributed by atoms with Gasteiger partial charge in [0.05, 0.1) is 12.7 Å². The van der Waals surface area contributed by atoms with E-state index >= 15 is 0 Å². The van der Waals surface area contributed by atoms with E-state index in [1.807, 2.05) is 17.2 Å². The number of benzene rings is 2. The molecule has 5 rings (SSSR count). The second-order valence-corrected chi connectivity index (χ2v) is 9.93. The number of ether oxygens (including phenoxy) is 1. The number of rotatable bonds is 5. The fraction of sp³-hybridized carbons (Fsp3) is 0.429. The van der Waals surface area contributed by atoms with E-state index in [2.05, 4.69) is 34.3 Å². The van der Waals surface area contributed by atoms with Crippen molar-refractivity contribution in [3.8, 4) is 5.75 Å². The van der Waals surface area contributed by atoms with E-state index in [0.29, 0.717) is 11.0 Å². The molecule has 2 fully saturated rings. The minimum atomic E-state index is -0.901. The quantitative estimate of drug-likeness (QED) is 0.490. The van der Waals surface area contributed by atoms with E-state index in [1.165, 1.54) is 34.9 Å². The monoisotopic (exact) mass is 492 g/mol. The van der Waals surface area contributed by atoms with Gasteiger partial charge in [-0.05, 0) is 68.8 Å². The van der Waals surface area contributed by atoms with Crippen molar-refractivity contribution < 1.29 is 19.4 Å². The third kappa shape index (κ3) is 5.33. The smallest absolute Gasteiger partial charge is 0.335 e. The number of H-pyrrole nitrogens is 1. The van der Waals surface area contributed by atoms with E-state index in [4.69, 9.17) is 9.84 Å². The molecule has 2 aliphatic rings. The summed E-state index contributed by atoms with van der Waals surface area (Å²) in [6.07, 6.45) is 4.37. The first kappa shape index (κ1) is 25.6. The molecule has 1 spiro atoms. The number of piperidine rings is 1. The van der Waals surface area contributed by atoms with Crippen LogP contribution in [0.3, 0.4) is 0 Å². The highest BCUT2D eigenvalue weighted by Crippen LogP contribution is 2.41. The second-order valence-electron chi connectivity index (χ2n) is 9.93. The number of aromatic amines is 1. The lowest BCUT2D eigenvalue weighted by Crippen LogP contribution is -2.61. The van der Waals surface area contributed by atoms with Crippen LogP contribution >= 0.6 is 0 Å². The average molecular weight is 493 g/mol. The second kappa shape index (κ2) is 10.6. The first-order valence-corrected chi connectivity index (χ1v) is 12.4. The molecular formula is C28H36N4O4. The summed E-state index contributed by atoms with van der Waals surface area (Å²) in [5, 5.41) is 12.7. The summed E-state index contributed by atoms with van der Waals surface area (Å²) in [7, 11) is 3.51. The third-order valence-corrected chi connectivity index (χ3v) is 7.53. The molecule has 2 aromatic carbocycles. The normalized spacial score (nSPS) is 16.7. The molecule has 0 bridgehead atoms. The van der Waals surface area contributed by atoms with Gasteiger partial charge in [-0.25, -0.2) is 4.79 Å². The molecule has 0 aliphatic carbocycles. The summed E-state index contributed by atoms with van der Waals surface area (Å²) in [5.74, 6) is 0.297. The third-order valence-electron chi connectivity index (χ3n) is 7.53. The zero-order valence-electron chi connectivity index (χ0n) is 21.6. The van der Waals surface area contributed by atoms with Crippen molar-refractivity contribution >= 4 is 28.5 Å². The van der Waals surface area contributed by atoms with Crippen LogP contribution in [0.25, 0.3) is 10.9 Å². The van der Waals surface area contributed by atoms with Gasteiger partial charge < -0.3 is 25.0 Å². The van der Waals surface area contributed by atoms with Crippen molar-refractivity contribution in [3.63, 3.8) is 0 Å². The average Bonchev–Trinajstić information content (AvgIpc) is 3.36. The Bertz CT molecular complexity index is 1240. The van der Waals surface area contributed by atoms with Gasteiger partial charge in [0.2, 0.25) is 5.91 Å². The maximum atomic E-state index is 11.5. The lowest BCUT2D eigenvalue weighted by atomic mass is 9.72. The molecule has 0 unspecified atom stereocenters. The van der Waals surface area contributed by atoms with Gasteiger partial charge in [0.1, 0.15) is 5.75 Å². The first-order chi connectivity index (χ1) is 17.2. The predicted molar refractivity (Wildman–Crippen MR) is 142 cm³/mol. The molecule has 3 heterocycles. The molecule has 8 heteroatoms. The van der Waals surface area contributed by atoms with Crippen LogP contribution in [0.5, 0.6) is 5.75 Å². The van der Waals surface area contributed by atoms with Crippen molar-refractivity contribution in [1.29, 1.82) is 0 Å². The van der Waals surface area contributed by atoms with E-state index in [0.717, 1.165) is 44.2 Å². The summed E-state index contributed by atoms with van der Waals surface area (Å²) in [6.45, 7) is 8.80. The molecule has 0 saturated carbocycles. The molecule has 3 N–H and O–H groups in total. The predicted octanol–water partition coefficient (Wildman–Crippen LogP) is 4.36. The SMILES string of the molecule is CNc1cccc(C(=O)O)c1.COc1cc(C)c2[nH]ccc2c1CN1CCC2(CC1)CN(C(C)=O)C2. The maximum Gasteiger partial charge on any atom is 0.335 e. The Balaban J connectivity index is 0.000000233. The van der Waals surface area contributed by atoms with Gasteiger partial charge in [-0.1, -0.05) is 6.07 Å². The van der Waals surface area contributed by atoms with Crippen molar-refractivity contribution in [2.45, 2.75) is 33.2 Å². The lowest BCUT2D eigenvalue weighted by molar-refractivity contribution is -0.144. The molecule has 2 aliphatic heterocycles. The van der Waals surface area contributed by atoms with Crippen LogP contribution < -0.4 is 10.1 Å². The van der Waals surface area contributed by atoms with Gasteiger partial charge in [0.15, 0.2) is 0 Å². The van der Waals surface area contributed by atoms with Crippen molar-refractivity contribution in [2.75, 3.05) is 45.7 Å². The number of likely N-dealkylation sites (tertiary alicyclic amines) is 2. The number of methoxy groups -OCH3 is 1. The van der Waals surface area contributed by atoms with Crippen molar-refractivity contribution in [1.82, 2.24) is 14.8 Å². The van der Waals surface area contributed by atoms with Crippen LogP contribution in [0.15, 0.2) is 42.6 Å². The largest absolute Gasteiger partial charge is 0.496 e. The van der Waals surface area contributed by atoms with Crippen LogP contribution in [0.1, 0.15) is 41.3 Å². The topological polar surface area (TPSA) is 97.9 Å². The van der Waals surface area contributed by atoms with E-state index in [-0.39, 0.29) is 5.91 Å². The zero-order chi connectivity index (χ0) is 25.9. The summed E-state index contributed by atoms with van der Waals surface area (Å²) in [4.78, 5) is 29.7. The number of aromatic carboxylic acids is 1. The minimum absolute atomic E-state index is 0.215. The van der Waals surface area contributed by atoms with E-state index < -0.39 is 5.97 Å². The van der Waals surface area contributed by atoms with Gasteiger partial charge in [0.25, 0.3) is 0 Å². The number of hydrogen-bond acceptors (Lipinski definition) is 5. The first-order valence-electron chi connectivity index (χ1n) is 12.4. The van der Waals surface area contributed by atoms with Gasteiger partial charge in [-0.2, -0.15) is 0 Å². The number of hydrogen-bond donors (Lipinski definition) is 3. The number of fused-ring (bicyclic) bond motifs is 1. The number of nitrogens with zero attached hydrogens (tertiary/aromatic N) is 2. The Morgan fingerprint density at radius 3 is 2.50 bits per heavy atom. The number of amides is 1. The minimum Gasteiger partial charge on any atom is -0.496 e. The number of carboxylic acids is 1. The highest BCUT2D eigenvalue weighted by atomic mass is 16.5. The maximum absolute atomic E-state index is 11.5. The van der Waals surface area contributed by atoms with Gasteiger partial charge in [-0.3, -0.25) is 9.69 Å². The van der Waals surface area contributed by atoms with Crippen molar-refractivity contribution in [3.05, 3.63) is 59.3 Å². The summed E-state index contributed by atoms with van der Waals surface area (Å²) < 4.78 is 5.67. The van der Waals surface area contributed by atoms with Crippen LogP contribution in [-0.2, 0) is 11.3 Å². The number of carboxylic acid groups (broad SMARTS) is 1. The van der Waals surface area contributed by atoms with Gasteiger partial charge in [0, 0.05) is 67.4 Å². The van der Waals surface area contributed by atoms with Crippen LogP contribution in [-0.4, -0.2) is 72.1 Å². The molecule has 0 atom stereocenters. The lowest BCUT2D eigenvalue weighted by Gasteiger charge is -2.53. The number of aryl methyl sites for hydroxylation is 1. The van der Waals surface area contributed by atoms with Crippen LogP contribution in [0.2, 0.25) is 0 Å². The molecule has 3 aromatic rings. The Hall–Kier alpha value is -3.52. The Kier molecular flexibility index (Phi) is 7.54. The zero-order valence-corrected chi connectivity index (χ0v) is 21.6. The van der Waals surface area contributed by atoms with Gasteiger partial charge >= 0.3 is 5.97 Å². The molecule has 0 radical (unpaired) electrons. The summed E-state index contributed by atoms with van der Waals surface area (Å²) >= 11 is 0. The highest BCUT2D eigenvalue weighted by Gasteiger charge is 2.45. The Morgan fingerprint density at radius 2 is 1.89 bits per heavy atom. The molecule has 192 valence electrons. The molecule has 1 aromatic heterocycles. The van der Waals surface area contributed by atoms with Gasteiger partial charge in [-0.15, -0.1) is 0 Å². The van der Waals surface area contributed by atoms with Crippen LogP contribution in [0, 0.1) is 12.3 Å².